The summed E-state index contributed by atoms with van der Waals surface area (Å²) in [6.45, 7) is 4.01. The van der Waals surface area contributed by atoms with Crippen molar-refractivity contribution in [2.45, 2.75) is 43.1 Å². The molecule has 0 spiro atoms. The molecule has 1 heterocycles. The lowest BCUT2D eigenvalue weighted by molar-refractivity contribution is -0.120. The number of nitrogens with zero attached hydrogens (tertiary/aromatic N) is 2. The van der Waals surface area contributed by atoms with Crippen molar-refractivity contribution in [2.24, 2.45) is 0 Å². The third-order valence-electron chi connectivity index (χ3n) is 6.05. The quantitative estimate of drug-likeness (QED) is 0.307. The summed E-state index contributed by atoms with van der Waals surface area (Å²) in [5, 5.41) is 3.27. The zero-order chi connectivity index (χ0) is 23.8. The molecule has 1 aliphatic rings. The number of hydrogen-bond donors (Lipinski definition) is 1. The van der Waals surface area contributed by atoms with Gasteiger partial charge in [0.1, 0.15) is 11.1 Å². The average molecular weight is 474 g/mol. The van der Waals surface area contributed by atoms with Gasteiger partial charge in [0, 0.05) is 6.04 Å². The van der Waals surface area contributed by atoms with Crippen LogP contribution in [0.15, 0.2) is 76.7 Å². The Morgan fingerprint density at radius 3 is 2.50 bits per heavy atom. The number of carbonyl (C=O) groups is 1. The molecule has 5 rings (SSSR count). The number of thioether (sulfide) groups is 1. The Labute approximate surface area is 201 Å². The number of hydrogen-bond acceptors (Lipinski definition) is 4. The average Bonchev–Trinajstić information content (AvgIpc) is 3.64. The monoisotopic (exact) mass is 473 g/mol. The van der Waals surface area contributed by atoms with Crippen molar-refractivity contribution in [3.8, 4) is 5.69 Å². The number of fused-ring (bicyclic) bond motifs is 1. The van der Waals surface area contributed by atoms with Crippen LogP contribution in [0.4, 0.5) is 4.39 Å². The van der Waals surface area contributed by atoms with Crippen LogP contribution in [0.3, 0.4) is 0 Å². The molecule has 0 aliphatic heterocycles. The summed E-state index contributed by atoms with van der Waals surface area (Å²) in [5.74, 6) is -0.542. The lowest BCUT2D eigenvalue weighted by atomic mass is 10.1. The zero-order valence-electron chi connectivity index (χ0n) is 18.9. The van der Waals surface area contributed by atoms with E-state index in [4.69, 9.17) is 4.98 Å². The van der Waals surface area contributed by atoms with E-state index in [2.05, 4.69) is 5.32 Å². The standard InChI is InChI=1S/C27H24FN3O2S/c1-16-7-14-21(15-17(16)2)31-26(33)22-5-3-4-6-23(22)30-27(31)34-24(25(32)29-20-12-13-20)18-8-10-19(28)11-9-18/h3-11,14-15,20,24H,12-13H2,1-2H3,(H,29,32). The van der Waals surface area contributed by atoms with Crippen molar-refractivity contribution in [1.29, 1.82) is 0 Å². The van der Waals surface area contributed by atoms with Crippen LogP contribution in [-0.2, 0) is 4.79 Å². The van der Waals surface area contributed by atoms with Crippen LogP contribution in [0.25, 0.3) is 16.6 Å². The maximum absolute atomic E-state index is 13.6. The number of benzene rings is 3. The van der Waals surface area contributed by atoms with Gasteiger partial charge in [-0.25, -0.2) is 9.37 Å². The molecule has 34 heavy (non-hydrogen) atoms. The number of aromatic nitrogens is 2. The predicted molar refractivity (Wildman–Crippen MR) is 133 cm³/mol. The van der Waals surface area contributed by atoms with Crippen LogP contribution in [-0.4, -0.2) is 21.5 Å². The van der Waals surface area contributed by atoms with Crippen LogP contribution in [0.2, 0.25) is 0 Å². The summed E-state index contributed by atoms with van der Waals surface area (Å²) in [4.78, 5) is 31.7. The van der Waals surface area contributed by atoms with Crippen molar-refractivity contribution in [3.05, 3.63) is 99.6 Å². The van der Waals surface area contributed by atoms with Crippen molar-refractivity contribution >= 4 is 28.6 Å². The van der Waals surface area contributed by atoms with E-state index in [1.54, 1.807) is 28.8 Å². The Morgan fingerprint density at radius 2 is 1.79 bits per heavy atom. The van der Waals surface area contributed by atoms with Gasteiger partial charge in [-0.05, 0) is 79.8 Å². The highest BCUT2D eigenvalue weighted by atomic mass is 32.2. The van der Waals surface area contributed by atoms with E-state index >= 15 is 0 Å². The Balaban J connectivity index is 1.67. The fourth-order valence-corrected chi connectivity index (χ4v) is 4.93. The lowest BCUT2D eigenvalue weighted by Crippen LogP contribution is -2.30. The summed E-state index contributed by atoms with van der Waals surface area (Å²) in [7, 11) is 0. The molecule has 0 radical (unpaired) electrons. The van der Waals surface area contributed by atoms with Crippen molar-refractivity contribution < 1.29 is 9.18 Å². The molecule has 3 aromatic carbocycles. The molecule has 1 N–H and O–H groups in total. The van der Waals surface area contributed by atoms with Crippen LogP contribution in [0.1, 0.15) is 34.8 Å². The van der Waals surface area contributed by atoms with E-state index in [0.717, 1.165) is 24.0 Å². The lowest BCUT2D eigenvalue weighted by Gasteiger charge is -2.20. The Kier molecular flexibility index (Phi) is 5.96. The molecule has 5 nitrogen and oxygen atoms in total. The number of nitrogens with one attached hydrogen (secondary N) is 1. The summed E-state index contributed by atoms with van der Waals surface area (Å²) < 4.78 is 15.2. The van der Waals surface area contributed by atoms with E-state index in [9.17, 15) is 14.0 Å². The first-order valence-corrected chi connectivity index (χ1v) is 12.1. The molecule has 0 saturated heterocycles. The number of carbonyl (C=O) groups excluding carboxylic acids is 1. The van der Waals surface area contributed by atoms with Gasteiger partial charge in [0.05, 0.1) is 16.6 Å². The summed E-state index contributed by atoms with van der Waals surface area (Å²) >= 11 is 1.20. The van der Waals surface area contributed by atoms with Gasteiger partial charge in [-0.3, -0.25) is 14.2 Å². The van der Waals surface area contributed by atoms with E-state index in [0.29, 0.717) is 27.3 Å². The second-order valence-electron chi connectivity index (χ2n) is 8.65. The number of amides is 1. The second-order valence-corrected chi connectivity index (χ2v) is 9.73. The van der Waals surface area contributed by atoms with Crippen molar-refractivity contribution in [3.63, 3.8) is 0 Å². The van der Waals surface area contributed by atoms with Crippen LogP contribution in [0, 0.1) is 19.7 Å². The van der Waals surface area contributed by atoms with E-state index in [1.165, 1.54) is 23.9 Å². The molecule has 1 saturated carbocycles. The Hall–Kier alpha value is -3.45. The third kappa shape index (κ3) is 4.48. The number of para-hydroxylation sites is 1. The summed E-state index contributed by atoms with van der Waals surface area (Å²) in [5.41, 5.74) is 3.88. The van der Waals surface area contributed by atoms with E-state index < -0.39 is 5.25 Å². The molecule has 7 heteroatoms. The minimum atomic E-state index is -0.688. The molecule has 1 fully saturated rings. The van der Waals surface area contributed by atoms with Crippen LogP contribution in [0.5, 0.6) is 0 Å². The Bertz CT molecular complexity index is 1440. The second kappa shape index (κ2) is 9.06. The fourth-order valence-electron chi connectivity index (χ4n) is 3.80. The molecular weight excluding hydrogens is 449 g/mol. The van der Waals surface area contributed by atoms with Crippen molar-refractivity contribution in [2.75, 3.05) is 0 Å². The molecule has 0 bridgehead atoms. The molecular formula is C27H24FN3O2S. The smallest absolute Gasteiger partial charge is 0.266 e. The maximum atomic E-state index is 13.6. The van der Waals surface area contributed by atoms with Gasteiger partial charge in [0.25, 0.3) is 5.56 Å². The fraction of sp³-hybridized carbons (Fsp3) is 0.222. The highest BCUT2D eigenvalue weighted by Gasteiger charge is 2.30. The molecule has 1 aliphatic carbocycles. The largest absolute Gasteiger partial charge is 0.352 e. The van der Waals surface area contributed by atoms with Gasteiger partial charge in [0.15, 0.2) is 5.16 Å². The van der Waals surface area contributed by atoms with E-state index in [1.807, 2.05) is 44.2 Å². The van der Waals surface area contributed by atoms with Gasteiger partial charge in [-0.2, -0.15) is 0 Å². The molecule has 1 atom stereocenters. The predicted octanol–water partition coefficient (Wildman–Crippen LogP) is 5.25. The minimum Gasteiger partial charge on any atom is -0.352 e. The highest BCUT2D eigenvalue weighted by Crippen LogP contribution is 2.37. The molecule has 4 aromatic rings. The number of aryl methyl sites for hydroxylation is 2. The zero-order valence-corrected chi connectivity index (χ0v) is 19.7. The van der Waals surface area contributed by atoms with Gasteiger partial charge < -0.3 is 5.32 Å². The van der Waals surface area contributed by atoms with Crippen LogP contribution < -0.4 is 10.9 Å². The SMILES string of the molecule is Cc1ccc(-n2c(SC(C(=O)NC3CC3)c3ccc(F)cc3)nc3ccccc3c2=O)cc1C. The van der Waals surface area contributed by atoms with Gasteiger partial charge >= 0.3 is 0 Å². The molecule has 1 unspecified atom stereocenters. The van der Waals surface area contributed by atoms with E-state index in [-0.39, 0.29) is 23.3 Å². The highest BCUT2D eigenvalue weighted by molar-refractivity contribution is 8.00. The van der Waals surface area contributed by atoms with Gasteiger partial charge in [-0.15, -0.1) is 0 Å². The first-order chi connectivity index (χ1) is 16.4. The molecule has 1 amide bonds. The Morgan fingerprint density at radius 1 is 1.06 bits per heavy atom. The maximum Gasteiger partial charge on any atom is 0.266 e. The molecule has 172 valence electrons. The first-order valence-electron chi connectivity index (χ1n) is 11.2. The van der Waals surface area contributed by atoms with Crippen molar-refractivity contribution in [1.82, 2.24) is 14.9 Å². The van der Waals surface area contributed by atoms with Gasteiger partial charge in [-0.1, -0.05) is 42.1 Å². The normalized spacial score (nSPS) is 14.2. The summed E-state index contributed by atoms with van der Waals surface area (Å²) in [6.07, 6.45) is 1.91. The first kappa shape index (κ1) is 22.3. The summed E-state index contributed by atoms with van der Waals surface area (Å²) in [6, 6.07) is 19.1. The third-order valence-corrected chi connectivity index (χ3v) is 7.26. The van der Waals surface area contributed by atoms with Crippen LogP contribution >= 0.6 is 11.8 Å². The molecule has 1 aromatic heterocycles. The minimum absolute atomic E-state index is 0.169. The number of rotatable bonds is 6. The number of halogens is 1. The topological polar surface area (TPSA) is 64.0 Å². The van der Waals surface area contributed by atoms with Gasteiger partial charge in [0.2, 0.25) is 5.91 Å².